The monoisotopic (exact) mass is 410 g/mol. The Morgan fingerprint density at radius 3 is 2.62 bits per heavy atom. The fraction of sp³-hybridized carbons (Fsp3) is 0.190. The van der Waals surface area contributed by atoms with Crippen molar-refractivity contribution in [3.05, 3.63) is 66.0 Å². The number of Topliss-reactive ketones (excluding diaryl/α,β-unsaturated/α-hetero) is 1. The number of carbonyl (C=O) groups excluding carboxylic acids is 2. The molecule has 8 heteroatoms. The van der Waals surface area contributed by atoms with E-state index in [1.54, 1.807) is 22.8 Å². The first-order chi connectivity index (χ1) is 14.2. The van der Waals surface area contributed by atoms with Crippen LogP contribution in [0.4, 0.5) is 0 Å². The number of aromatic nitrogens is 2. The molecule has 0 saturated heterocycles. The fourth-order valence-electron chi connectivity index (χ4n) is 2.95. The summed E-state index contributed by atoms with van der Waals surface area (Å²) in [5, 5.41) is 0.654. The summed E-state index contributed by atoms with van der Waals surface area (Å²) in [6.45, 7) is 0.527. The van der Waals surface area contributed by atoms with Gasteiger partial charge in [0.05, 0.1) is 6.20 Å². The minimum Gasteiger partial charge on any atom is -0.486 e. The summed E-state index contributed by atoms with van der Waals surface area (Å²) in [6.07, 6.45) is 3.33. The summed E-state index contributed by atoms with van der Waals surface area (Å²) in [5.41, 5.74) is 1.44. The molecule has 1 aliphatic heterocycles. The Hall–Kier alpha value is -3.26. The Morgan fingerprint density at radius 2 is 1.86 bits per heavy atom. The van der Waals surface area contributed by atoms with Gasteiger partial charge in [-0.2, -0.15) is 0 Å². The highest BCUT2D eigenvalue weighted by molar-refractivity contribution is 7.98. The molecule has 0 bridgehead atoms. The number of hydrogen-bond donors (Lipinski definition) is 0. The second kappa shape index (κ2) is 8.40. The van der Waals surface area contributed by atoms with Crippen molar-refractivity contribution in [3.63, 3.8) is 0 Å². The number of fused-ring (bicyclic) bond motifs is 1. The largest absolute Gasteiger partial charge is 0.486 e. The van der Waals surface area contributed by atoms with Crippen LogP contribution in [0, 0.1) is 0 Å². The first kappa shape index (κ1) is 19.1. The Labute approximate surface area is 171 Å². The lowest BCUT2D eigenvalue weighted by atomic mass is 10.1. The molecule has 0 aliphatic carbocycles. The van der Waals surface area contributed by atoms with Crippen LogP contribution in [-0.2, 0) is 4.74 Å². The van der Waals surface area contributed by atoms with Gasteiger partial charge in [0.2, 0.25) is 0 Å². The molecule has 1 aliphatic rings. The van der Waals surface area contributed by atoms with Crippen LogP contribution in [-0.4, -0.2) is 47.4 Å². The van der Waals surface area contributed by atoms with Crippen molar-refractivity contribution >= 4 is 23.5 Å². The van der Waals surface area contributed by atoms with Gasteiger partial charge in [-0.3, -0.25) is 9.36 Å². The molecule has 3 aromatic rings. The van der Waals surface area contributed by atoms with Gasteiger partial charge in [-0.15, -0.1) is 0 Å². The Kier molecular flexibility index (Phi) is 5.53. The van der Waals surface area contributed by atoms with Crippen LogP contribution in [0.5, 0.6) is 11.5 Å². The third-order valence-electron chi connectivity index (χ3n) is 4.33. The lowest BCUT2D eigenvalue weighted by molar-refractivity contribution is 0.0466. The third kappa shape index (κ3) is 3.97. The molecule has 0 atom stereocenters. The van der Waals surface area contributed by atoms with E-state index in [1.807, 2.05) is 36.6 Å². The van der Waals surface area contributed by atoms with Gasteiger partial charge >= 0.3 is 5.97 Å². The Balaban J connectivity index is 1.49. The quantitative estimate of drug-likeness (QED) is 0.350. The number of esters is 1. The predicted octanol–water partition coefficient (Wildman–Crippen LogP) is 3.41. The van der Waals surface area contributed by atoms with Gasteiger partial charge < -0.3 is 14.2 Å². The third-order valence-corrected chi connectivity index (χ3v) is 4.99. The molecule has 0 amide bonds. The van der Waals surface area contributed by atoms with E-state index < -0.39 is 5.97 Å². The summed E-state index contributed by atoms with van der Waals surface area (Å²) in [7, 11) is 0. The number of rotatable bonds is 6. The van der Waals surface area contributed by atoms with Crippen molar-refractivity contribution in [1.82, 2.24) is 9.55 Å². The fourth-order valence-corrected chi connectivity index (χ4v) is 3.50. The van der Waals surface area contributed by atoms with E-state index >= 15 is 0 Å². The van der Waals surface area contributed by atoms with Gasteiger partial charge in [-0.1, -0.05) is 30.0 Å². The molecule has 2 aromatic carbocycles. The Bertz CT molecular complexity index is 1050. The summed E-state index contributed by atoms with van der Waals surface area (Å²) < 4.78 is 17.9. The van der Waals surface area contributed by atoms with Crippen molar-refractivity contribution in [3.8, 4) is 17.2 Å². The molecule has 0 saturated carbocycles. The van der Waals surface area contributed by atoms with Crippen LogP contribution in [0.25, 0.3) is 5.69 Å². The smallest absolute Gasteiger partial charge is 0.357 e. The van der Waals surface area contributed by atoms with Crippen LogP contribution in [0.1, 0.15) is 20.8 Å². The second-order valence-electron chi connectivity index (χ2n) is 6.16. The average molecular weight is 410 g/mol. The normalized spacial score (nSPS) is 12.4. The van der Waals surface area contributed by atoms with Crippen LogP contribution >= 0.6 is 11.8 Å². The maximum Gasteiger partial charge on any atom is 0.357 e. The zero-order chi connectivity index (χ0) is 20.2. The zero-order valence-electron chi connectivity index (χ0n) is 15.7. The van der Waals surface area contributed by atoms with Gasteiger partial charge in [0.1, 0.15) is 13.2 Å². The first-order valence-electron chi connectivity index (χ1n) is 8.94. The van der Waals surface area contributed by atoms with Crippen LogP contribution in [0.3, 0.4) is 0 Å². The predicted molar refractivity (Wildman–Crippen MR) is 107 cm³/mol. The van der Waals surface area contributed by atoms with Gasteiger partial charge in [-0.05, 0) is 36.6 Å². The highest BCUT2D eigenvalue weighted by Crippen LogP contribution is 2.31. The lowest BCUT2D eigenvalue weighted by Gasteiger charge is -2.18. The van der Waals surface area contributed by atoms with E-state index in [4.69, 9.17) is 14.2 Å². The highest BCUT2D eigenvalue weighted by Gasteiger charge is 2.21. The van der Waals surface area contributed by atoms with Gasteiger partial charge in [0.15, 0.2) is 34.7 Å². The topological polar surface area (TPSA) is 79.7 Å². The molecule has 29 heavy (non-hydrogen) atoms. The van der Waals surface area contributed by atoms with Crippen LogP contribution in [0.2, 0.25) is 0 Å². The number of imidazole rings is 1. The van der Waals surface area contributed by atoms with E-state index in [0.717, 1.165) is 5.69 Å². The molecule has 4 rings (SSSR count). The molecule has 0 radical (unpaired) electrons. The summed E-state index contributed by atoms with van der Waals surface area (Å²) in [5.74, 6) is 0.167. The van der Waals surface area contributed by atoms with Crippen molar-refractivity contribution in [1.29, 1.82) is 0 Å². The average Bonchev–Trinajstić information content (AvgIpc) is 3.21. The number of carbonyl (C=O) groups is 2. The Morgan fingerprint density at radius 1 is 1.10 bits per heavy atom. The van der Waals surface area contributed by atoms with E-state index in [0.29, 0.717) is 35.4 Å². The van der Waals surface area contributed by atoms with Gasteiger partial charge in [0, 0.05) is 11.3 Å². The standard InChI is InChI=1S/C21H18N2O5S/c1-29-21-22-12-16(23(21)15-5-3-2-4-6-15)20(25)28-13-17(24)14-7-8-18-19(11-14)27-10-9-26-18/h2-8,11-12H,9-10,13H2,1H3. The molecule has 0 unspecified atom stereocenters. The number of nitrogens with zero attached hydrogens (tertiary/aromatic N) is 2. The molecule has 1 aromatic heterocycles. The highest BCUT2D eigenvalue weighted by atomic mass is 32.2. The minimum atomic E-state index is -0.618. The zero-order valence-corrected chi connectivity index (χ0v) is 16.5. The van der Waals surface area contributed by atoms with Gasteiger partial charge in [-0.25, -0.2) is 9.78 Å². The summed E-state index contributed by atoms with van der Waals surface area (Å²) in [6, 6.07) is 14.3. The first-order valence-corrected chi connectivity index (χ1v) is 10.2. The molecule has 2 heterocycles. The maximum absolute atomic E-state index is 12.6. The second-order valence-corrected chi connectivity index (χ2v) is 6.93. The van der Waals surface area contributed by atoms with Crippen LogP contribution in [0.15, 0.2) is 59.9 Å². The number of para-hydroxylation sites is 1. The summed E-state index contributed by atoms with van der Waals surface area (Å²) in [4.78, 5) is 29.4. The van der Waals surface area contributed by atoms with Crippen molar-refractivity contribution in [2.45, 2.75) is 5.16 Å². The molecule has 148 valence electrons. The van der Waals surface area contributed by atoms with E-state index in [1.165, 1.54) is 18.0 Å². The maximum atomic E-state index is 12.6. The van der Waals surface area contributed by atoms with Crippen molar-refractivity contribution < 1.29 is 23.8 Å². The van der Waals surface area contributed by atoms with Crippen LogP contribution < -0.4 is 9.47 Å². The number of thioether (sulfide) groups is 1. The summed E-state index contributed by atoms with van der Waals surface area (Å²) >= 11 is 1.41. The van der Waals surface area contributed by atoms with Gasteiger partial charge in [0.25, 0.3) is 0 Å². The molecular formula is C21H18N2O5S. The van der Waals surface area contributed by atoms with Crippen molar-refractivity contribution in [2.24, 2.45) is 0 Å². The van der Waals surface area contributed by atoms with E-state index in [9.17, 15) is 9.59 Å². The lowest BCUT2D eigenvalue weighted by Crippen LogP contribution is -2.18. The van der Waals surface area contributed by atoms with E-state index in [-0.39, 0.29) is 18.1 Å². The number of benzene rings is 2. The van der Waals surface area contributed by atoms with E-state index in [2.05, 4.69) is 4.98 Å². The SMILES string of the molecule is CSc1ncc(C(=O)OCC(=O)c2ccc3c(c2)OCCO3)n1-c1ccccc1. The molecule has 0 spiro atoms. The number of hydrogen-bond acceptors (Lipinski definition) is 7. The van der Waals surface area contributed by atoms with Crippen molar-refractivity contribution in [2.75, 3.05) is 26.1 Å². The number of ether oxygens (including phenoxy) is 3. The number of ketones is 1. The molecule has 7 nitrogen and oxygen atoms in total. The molecule has 0 fully saturated rings. The molecular weight excluding hydrogens is 392 g/mol. The minimum absolute atomic E-state index is 0.260. The molecule has 0 N–H and O–H groups in total.